The molecule has 0 aromatic carbocycles. The van der Waals surface area contributed by atoms with Gasteiger partial charge in [0, 0.05) is 13.3 Å². The van der Waals surface area contributed by atoms with Crippen LogP contribution in [0.15, 0.2) is 12.2 Å². The van der Waals surface area contributed by atoms with E-state index in [2.05, 4.69) is 12.2 Å². The number of aliphatic hydroxyl groups excluding tert-OH is 2. The molecule has 4 heteroatoms. The summed E-state index contributed by atoms with van der Waals surface area (Å²) in [6, 6.07) is -0.796. The average Bonchev–Trinajstić information content (AvgIpc) is 2.77. The van der Waals surface area contributed by atoms with Gasteiger partial charge in [-0.1, -0.05) is 109 Å². The third-order valence-corrected chi connectivity index (χ3v) is 5.22. The number of aliphatic hydroxyl groups is 2. The van der Waals surface area contributed by atoms with Crippen molar-refractivity contribution in [3.8, 4) is 0 Å². The second-order valence-electron chi connectivity index (χ2n) is 7.98. The van der Waals surface area contributed by atoms with Gasteiger partial charge in [0.25, 0.3) is 0 Å². The standard InChI is InChI=1S/C25H49NO3/c1-3-5-7-9-10-11-12-13-14-15-16-17-18-20-24(28)23(22-27)26-25(29)21-19-8-6-4-2/h18,20,23-24,27-28H,3-17,19,21-22H2,1-2H3,(H,26,29)/b20-18+/t23-,24+/m0/s1/i2D3,4D2. The van der Waals surface area contributed by atoms with E-state index in [-0.39, 0.29) is 25.2 Å². The first-order chi connectivity index (χ1) is 16.0. The van der Waals surface area contributed by atoms with Gasteiger partial charge in [-0.2, -0.15) is 0 Å². The number of hydrogen-bond acceptors (Lipinski definition) is 3. The minimum atomic E-state index is -2.68. The Kier molecular flexibility index (Phi) is 15.1. The predicted molar refractivity (Wildman–Crippen MR) is 124 cm³/mol. The second kappa shape index (κ2) is 21.8. The lowest BCUT2D eigenvalue weighted by molar-refractivity contribution is -0.123. The SMILES string of the molecule is [2H]C([2H])([2H])C([2H])([2H])CCCCC(=O)N[C@@H](CO)[C@H](O)/C=C/CCCCCCCCCCCCC. The van der Waals surface area contributed by atoms with E-state index in [1.165, 1.54) is 57.8 Å². The van der Waals surface area contributed by atoms with Crippen molar-refractivity contribution in [3.63, 3.8) is 0 Å². The number of nitrogens with one attached hydrogen (secondary N) is 1. The summed E-state index contributed by atoms with van der Waals surface area (Å²) in [5.41, 5.74) is 0. The first kappa shape index (κ1) is 20.1. The first-order valence-electron chi connectivity index (χ1n) is 14.3. The lowest BCUT2D eigenvalue weighted by atomic mass is 10.0. The highest BCUT2D eigenvalue weighted by Crippen LogP contribution is 2.12. The van der Waals surface area contributed by atoms with E-state index in [0.717, 1.165) is 19.3 Å². The van der Waals surface area contributed by atoms with Crippen LogP contribution in [-0.2, 0) is 4.79 Å². The molecule has 0 saturated heterocycles. The van der Waals surface area contributed by atoms with Crippen molar-refractivity contribution in [1.29, 1.82) is 0 Å². The number of amides is 1. The van der Waals surface area contributed by atoms with Crippen molar-refractivity contribution in [2.45, 2.75) is 135 Å². The number of carbonyl (C=O) groups excluding carboxylic acids is 1. The number of unbranched alkanes of at least 4 members (excludes halogenated alkanes) is 12. The van der Waals surface area contributed by atoms with Crippen LogP contribution in [-0.4, -0.2) is 34.9 Å². The zero-order valence-electron chi connectivity index (χ0n) is 23.6. The van der Waals surface area contributed by atoms with Crippen LogP contribution in [0.5, 0.6) is 0 Å². The van der Waals surface area contributed by atoms with Crippen molar-refractivity contribution in [1.82, 2.24) is 5.32 Å². The Hall–Kier alpha value is -0.870. The maximum absolute atomic E-state index is 12.1. The van der Waals surface area contributed by atoms with Crippen molar-refractivity contribution >= 4 is 5.91 Å². The molecule has 0 heterocycles. The summed E-state index contributed by atoms with van der Waals surface area (Å²) >= 11 is 0. The molecule has 0 aromatic rings. The van der Waals surface area contributed by atoms with E-state index < -0.39 is 32.0 Å². The molecule has 0 unspecified atom stereocenters. The Labute approximate surface area is 187 Å². The predicted octanol–water partition coefficient (Wildman–Crippen LogP) is 6.05. The zero-order valence-corrected chi connectivity index (χ0v) is 18.6. The maximum atomic E-state index is 12.1. The Bertz CT molecular complexity index is 541. The summed E-state index contributed by atoms with van der Waals surface area (Å²) in [6.07, 6.45) is 15.7. The van der Waals surface area contributed by atoms with Crippen molar-refractivity contribution in [2.24, 2.45) is 0 Å². The molecule has 3 N–H and O–H groups in total. The van der Waals surface area contributed by atoms with Crippen molar-refractivity contribution in [2.75, 3.05) is 6.61 Å². The normalized spacial score (nSPS) is 17.1. The van der Waals surface area contributed by atoms with Crippen LogP contribution >= 0.6 is 0 Å². The molecular formula is C25H49NO3. The minimum absolute atomic E-state index is 0.0861. The summed E-state index contributed by atoms with van der Waals surface area (Å²) in [5, 5.41) is 22.3. The van der Waals surface area contributed by atoms with Gasteiger partial charge in [0.1, 0.15) is 0 Å². The fourth-order valence-electron chi connectivity index (χ4n) is 3.31. The van der Waals surface area contributed by atoms with Crippen LogP contribution in [0.25, 0.3) is 0 Å². The summed E-state index contributed by atoms with van der Waals surface area (Å²) in [7, 11) is 0. The highest BCUT2D eigenvalue weighted by Gasteiger charge is 2.17. The van der Waals surface area contributed by atoms with E-state index >= 15 is 0 Å². The third kappa shape index (κ3) is 18.9. The van der Waals surface area contributed by atoms with E-state index in [1.54, 1.807) is 6.08 Å². The van der Waals surface area contributed by atoms with E-state index in [4.69, 9.17) is 6.85 Å². The molecule has 0 aromatic heterocycles. The van der Waals surface area contributed by atoms with Gasteiger partial charge in [-0.25, -0.2) is 0 Å². The summed E-state index contributed by atoms with van der Waals surface area (Å²) in [5.74, 6) is -0.355. The Morgan fingerprint density at radius 1 is 0.966 bits per heavy atom. The van der Waals surface area contributed by atoms with Gasteiger partial charge in [0.15, 0.2) is 0 Å². The Morgan fingerprint density at radius 3 is 2.14 bits per heavy atom. The molecule has 0 aliphatic rings. The van der Waals surface area contributed by atoms with Gasteiger partial charge in [-0.05, 0) is 19.3 Å². The van der Waals surface area contributed by atoms with Crippen LogP contribution in [0, 0.1) is 0 Å². The highest BCUT2D eigenvalue weighted by molar-refractivity contribution is 5.76. The van der Waals surface area contributed by atoms with Gasteiger partial charge in [0.05, 0.1) is 18.8 Å². The van der Waals surface area contributed by atoms with Gasteiger partial charge < -0.3 is 15.5 Å². The summed E-state index contributed by atoms with van der Waals surface area (Å²) in [6.45, 7) is -0.833. The van der Waals surface area contributed by atoms with Crippen molar-refractivity contribution < 1.29 is 21.9 Å². The number of carbonyl (C=O) groups is 1. The topological polar surface area (TPSA) is 69.6 Å². The molecule has 172 valence electrons. The molecule has 0 radical (unpaired) electrons. The van der Waals surface area contributed by atoms with Gasteiger partial charge in [-0.3, -0.25) is 4.79 Å². The van der Waals surface area contributed by atoms with E-state index in [9.17, 15) is 15.0 Å². The Balaban J connectivity index is 3.91. The van der Waals surface area contributed by atoms with Crippen LogP contribution in [0.3, 0.4) is 0 Å². The molecule has 0 aliphatic heterocycles. The van der Waals surface area contributed by atoms with Crippen LogP contribution in [0.2, 0.25) is 0 Å². The number of hydrogen-bond donors (Lipinski definition) is 3. The van der Waals surface area contributed by atoms with E-state index in [1.807, 2.05) is 6.08 Å². The molecule has 2 atom stereocenters. The molecule has 0 saturated carbocycles. The Morgan fingerprint density at radius 2 is 1.55 bits per heavy atom. The largest absolute Gasteiger partial charge is 0.394 e. The fraction of sp³-hybridized carbons (Fsp3) is 0.880. The first-order valence-corrected chi connectivity index (χ1v) is 11.8. The molecule has 0 fully saturated rings. The molecular weight excluding hydrogens is 362 g/mol. The third-order valence-electron chi connectivity index (χ3n) is 5.22. The number of allylic oxidation sites excluding steroid dienone is 1. The lowest BCUT2D eigenvalue weighted by Gasteiger charge is -2.19. The summed E-state index contributed by atoms with van der Waals surface area (Å²) in [4.78, 5) is 12.1. The van der Waals surface area contributed by atoms with Crippen LogP contribution < -0.4 is 5.32 Å². The molecule has 0 spiro atoms. The molecule has 0 rings (SSSR count). The quantitative estimate of drug-likeness (QED) is 0.157. The van der Waals surface area contributed by atoms with Crippen LogP contribution in [0.4, 0.5) is 0 Å². The highest BCUT2D eigenvalue weighted by atomic mass is 16.3. The summed E-state index contributed by atoms with van der Waals surface area (Å²) < 4.78 is 36.7. The molecule has 4 nitrogen and oxygen atoms in total. The second-order valence-corrected chi connectivity index (χ2v) is 7.98. The monoisotopic (exact) mass is 416 g/mol. The fourth-order valence-corrected chi connectivity index (χ4v) is 3.31. The molecule has 0 aliphatic carbocycles. The maximum Gasteiger partial charge on any atom is 0.220 e. The molecule has 1 amide bonds. The lowest BCUT2D eigenvalue weighted by Crippen LogP contribution is -2.45. The smallest absolute Gasteiger partial charge is 0.220 e. The molecule has 0 bridgehead atoms. The van der Waals surface area contributed by atoms with Gasteiger partial charge in [-0.15, -0.1) is 0 Å². The van der Waals surface area contributed by atoms with E-state index in [0.29, 0.717) is 6.42 Å². The minimum Gasteiger partial charge on any atom is -0.394 e. The molecule has 29 heavy (non-hydrogen) atoms. The van der Waals surface area contributed by atoms with Crippen LogP contribution in [0.1, 0.15) is 130 Å². The van der Waals surface area contributed by atoms with Gasteiger partial charge in [0.2, 0.25) is 5.91 Å². The average molecular weight is 417 g/mol. The van der Waals surface area contributed by atoms with Crippen molar-refractivity contribution in [3.05, 3.63) is 12.2 Å². The zero-order chi connectivity index (χ0) is 25.9. The van der Waals surface area contributed by atoms with Gasteiger partial charge >= 0.3 is 0 Å². The number of rotatable bonds is 21.